The van der Waals surface area contributed by atoms with E-state index in [0.29, 0.717) is 24.8 Å². The van der Waals surface area contributed by atoms with Gasteiger partial charge in [0.1, 0.15) is 0 Å². The number of amides is 1. The van der Waals surface area contributed by atoms with Crippen LogP contribution in [0.5, 0.6) is 0 Å². The molecule has 1 rings (SSSR count). The number of rotatable bonds is 6. The molecule has 1 amide bonds. The monoisotopic (exact) mass is 291 g/mol. The molecule has 0 aliphatic rings. The lowest BCUT2D eigenvalue weighted by atomic mass is 10.2. The van der Waals surface area contributed by atoms with Crippen LogP contribution in [-0.2, 0) is 11.3 Å². The van der Waals surface area contributed by atoms with Gasteiger partial charge in [0.15, 0.2) is 0 Å². The fourth-order valence-corrected chi connectivity index (χ4v) is 1.78. The largest absolute Gasteiger partial charge is 0.352 e. The minimum absolute atomic E-state index is 0.0589. The second kappa shape index (κ2) is 8.10. The lowest BCUT2D eigenvalue weighted by molar-refractivity contribution is -0.121. The number of H-pyrrole nitrogens is 1. The van der Waals surface area contributed by atoms with Crippen LogP contribution in [-0.4, -0.2) is 15.5 Å². The fourth-order valence-electron chi connectivity index (χ4n) is 1.78. The summed E-state index contributed by atoms with van der Waals surface area (Å²) in [5.41, 5.74) is -0.540. The third-order valence-corrected chi connectivity index (χ3v) is 2.96. The Morgan fingerprint density at radius 3 is 2.76 bits per heavy atom. The second-order valence-corrected chi connectivity index (χ2v) is 4.97. The van der Waals surface area contributed by atoms with E-state index in [4.69, 9.17) is 0 Å². The number of nitrogens with zero attached hydrogens (tertiary/aromatic N) is 1. The maximum atomic E-state index is 11.7. The van der Waals surface area contributed by atoms with Crippen molar-refractivity contribution >= 4 is 5.91 Å². The number of hydrogen-bond donors (Lipinski definition) is 2. The molecule has 0 radical (unpaired) electrons. The molecular weight excluding hydrogens is 270 g/mol. The highest BCUT2D eigenvalue weighted by molar-refractivity contribution is 5.75. The predicted octanol–water partition coefficient (Wildman–Crippen LogP) is 0.927. The van der Waals surface area contributed by atoms with Crippen molar-refractivity contribution in [1.29, 1.82) is 0 Å². The SMILES string of the molecule is CC#CCCCC(=O)NCc1cn(C(C)C)c(=O)[nH]c1=O. The number of aromatic nitrogens is 2. The van der Waals surface area contributed by atoms with Gasteiger partial charge in [0.25, 0.3) is 5.56 Å². The molecule has 0 saturated heterocycles. The maximum Gasteiger partial charge on any atom is 0.328 e. The number of hydrogen-bond acceptors (Lipinski definition) is 3. The zero-order valence-corrected chi connectivity index (χ0v) is 12.7. The third kappa shape index (κ3) is 5.30. The van der Waals surface area contributed by atoms with Crippen molar-refractivity contribution in [3.63, 3.8) is 0 Å². The van der Waals surface area contributed by atoms with Crippen LogP contribution in [0.25, 0.3) is 0 Å². The van der Waals surface area contributed by atoms with E-state index in [-0.39, 0.29) is 18.5 Å². The molecule has 2 N–H and O–H groups in total. The fraction of sp³-hybridized carbons (Fsp3) is 0.533. The quantitative estimate of drug-likeness (QED) is 0.604. The van der Waals surface area contributed by atoms with Gasteiger partial charge in [-0.3, -0.25) is 19.1 Å². The van der Waals surface area contributed by atoms with Crippen LogP contribution in [0.2, 0.25) is 0 Å². The van der Waals surface area contributed by atoms with E-state index in [1.54, 1.807) is 6.92 Å². The molecule has 0 aliphatic carbocycles. The first-order valence-corrected chi connectivity index (χ1v) is 6.96. The molecule has 21 heavy (non-hydrogen) atoms. The van der Waals surface area contributed by atoms with Crippen molar-refractivity contribution in [1.82, 2.24) is 14.9 Å². The van der Waals surface area contributed by atoms with Gasteiger partial charge in [0, 0.05) is 31.6 Å². The zero-order chi connectivity index (χ0) is 15.8. The van der Waals surface area contributed by atoms with Crippen molar-refractivity contribution < 1.29 is 4.79 Å². The van der Waals surface area contributed by atoms with Crippen molar-refractivity contribution in [2.75, 3.05) is 0 Å². The van der Waals surface area contributed by atoms with Crippen LogP contribution in [0.15, 0.2) is 15.8 Å². The number of unbranched alkanes of at least 4 members (excludes halogenated alkanes) is 1. The summed E-state index contributed by atoms with van der Waals surface area (Å²) in [5, 5.41) is 2.68. The molecule has 1 aromatic rings. The van der Waals surface area contributed by atoms with Gasteiger partial charge in [-0.1, -0.05) is 0 Å². The Bertz CT molecular complexity index is 659. The smallest absolute Gasteiger partial charge is 0.328 e. The molecule has 0 atom stereocenters. The molecule has 0 aliphatic heterocycles. The Balaban J connectivity index is 2.64. The lowest BCUT2D eigenvalue weighted by Crippen LogP contribution is -2.35. The minimum atomic E-state index is -0.464. The Hall–Kier alpha value is -2.29. The first kappa shape index (κ1) is 16.8. The first-order chi connectivity index (χ1) is 9.95. The normalized spacial score (nSPS) is 10.1. The summed E-state index contributed by atoms with van der Waals surface area (Å²) >= 11 is 0. The van der Waals surface area contributed by atoms with E-state index in [2.05, 4.69) is 22.1 Å². The summed E-state index contributed by atoms with van der Waals surface area (Å²) in [4.78, 5) is 37.2. The highest BCUT2D eigenvalue weighted by atomic mass is 16.2. The van der Waals surface area contributed by atoms with Gasteiger partial charge >= 0.3 is 5.69 Å². The van der Waals surface area contributed by atoms with Gasteiger partial charge in [-0.05, 0) is 27.2 Å². The van der Waals surface area contributed by atoms with Crippen LogP contribution in [0.1, 0.15) is 51.6 Å². The average Bonchev–Trinajstić information content (AvgIpc) is 2.42. The van der Waals surface area contributed by atoms with E-state index in [1.807, 2.05) is 13.8 Å². The van der Waals surface area contributed by atoms with E-state index in [1.165, 1.54) is 10.8 Å². The van der Waals surface area contributed by atoms with Crippen LogP contribution in [0.4, 0.5) is 0 Å². The highest BCUT2D eigenvalue weighted by Gasteiger charge is 2.08. The van der Waals surface area contributed by atoms with Crippen LogP contribution in [0, 0.1) is 11.8 Å². The van der Waals surface area contributed by atoms with E-state index in [0.717, 1.165) is 0 Å². The van der Waals surface area contributed by atoms with Crippen LogP contribution < -0.4 is 16.6 Å². The summed E-state index contributed by atoms with van der Waals surface area (Å²) in [6.45, 7) is 5.56. The Kier molecular flexibility index (Phi) is 6.47. The van der Waals surface area contributed by atoms with Gasteiger partial charge in [0.05, 0.1) is 5.56 Å². The zero-order valence-electron chi connectivity index (χ0n) is 12.7. The molecule has 6 heteroatoms. The molecule has 0 bridgehead atoms. The Labute approximate surface area is 123 Å². The Morgan fingerprint density at radius 2 is 2.14 bits per heavy atom. The van der Waals surface area contributed by atoms with Crippen LogP contribution in [0.3, 0.4) is 0 Å². The molecule has 0 spiro atoms. The van der Waals surface area contributed by atoms with Gasteiger partial charge in [-0.25, -0.2) is 4.79 Å². The molecular formula is C15H21N3O3. The number of carbonyl (C=O) groups excluding carboxylic acids is 1. The van der Waals surface area contributed by atoms with Gasteiger partial charge in [-0.2, -0.15) is 0 Å². The van der Waals surface area contributed by atoms with Gasteiger partial charge < -0.3 is 5.32 Å². The predicted molar refractivity (Wildman–Crippen MR) is 80.9 cm³/mol. The summed E-state index contributed by atoms with van der Waals surface area (Å²) in [5.74, 6) is 5.53. The molecule has 0 unspecified atom stereocenters. The number of carbonyl (C=O) groups is 1. The lowest BCUT2D eigenvalue weighted by Gasteiger charge is -2.11. The summed E-state index contributed by atoms with van der Waals surface area (Å²) in [6.07, 6.45) is 3.24. The molecule has 114 valence electrons. The first-order valence-electron chi connectivity index (χ1n) is 6.96. The standard InChI is InChI=1S/C15H21N3O3/c1-4-5-6-7-8-13(19)16-9-12-10-18(11(2)3)15(21)17-14(12)20/h10-11H,6-9H2,1-3H3,(H,16,19)(H,17,20,21). The second-order valence-electron chi connectivity index (χ2n) is 4.97. The molecule has 1 heterocycles. The van der Waals surface area contributed by atoms with Crippen molar-refractivity contribution in [2.24, 2.45) is 0 Å². The summed E-state index contributed by atoms with van der Waals surface area (Å²) < 4.78 is 1.43. The summed E-state index contributed by atoms with van der Waals surface area (Å²) in [7, 11) is 0. The maximum absolute atomic E-state index is 11.7. The van der Waals surface area contributed by atoms with E-state index in [9.17, 15) is 14.4 Å². The molecule has 0 saturated carbocycles. The van der Waals surface area contributed by atoms with E-state index >= 15 is 0 Å². The molecule has 1 aromatic heterocycles. The average molecular weight is 291 g/mol. The number of nitrogens with one attached hydrogen (secondary N) is 2. The summed E-state index contributed by atoms with van der Waals surface area (Å²) in [6, 6.07) is -0.0589. The van der Waals surface area contributed by atoms with Crippen molar-refractivity contribution in [3.05, 3.63) is 32.6 Å². The number of aromatic amines is 1. The molecule has 0 fully saturated rings. The van der Waals surface area contributed by atoms with E-state index < -0.39 is 11.2 Å². The highest BCUT2D eigenvalue weighted by Crippen LogP contribution is 2.00. The van der Waals surface area contributed by atoms with Crippen molar-refractivity contribution in [3.8, 4) is 11.8 Å². The molecule has 0 aromatic carbocycles. The van der Waals surface area contributed by atoms with Crippen molar-refractivity contribution in [2.45, 2.75) is 52.6 Å². The molecule has 6 nitrogen and oxygen atoms in total. The van der Waals surface area contributed by atoms with Crippen LogP contribution >= 0.6 is 0 Å². The Morgan fingerprint density at radius 1 is 1.43 bits per heavy atom. The minimum Gasteiger partial charge on any atom is -0.352 e. The van der Waals surface area contributed by atoms with Gasteiger partial charge in [0.2, 0.25) is 5.91 Å². The third-order valence-electron chi connectivity index (χ3n) is 2.96. The van der Waals surface area contributed by atoms with Gasteiger partial charge in [-0.15, -0.1) is 11.8 Å². The topological polar surface area (TPSA) is 84.0 Å².